The van der Waals surface area contributed by atoms with Crippen LogP contribution < -0.4 is 10.5 Å². The lowest BCUT2D eigenvalue weighted by atomic mass is 9.92. The minimum absolute atomic E-state index is 0.0311. The van der Waals surface area contributed by atoms with E-state index >= 15 is 0 Å². The number of allylic oxidation sites excluding steroid dienone is 2. The summed E-state index contributed by atoms with van der Waals surface area (Å²) in [5, 5.41) is 7.69. The predicted molar refractivity (Wildman–Crippen MR) is 75.2 cm³/mol. The molecule has 1 fully saturated rings. The first-order valence-corrected chi connectivity index (χ1v) is 7.52. The third-order valence-corrected chi connectivity index (χ3v) is 3.76. The van der Waals surface area contributed by atoms with Crippen molar-refractivity contribution in [2.24, 2.45) is 11.7 Å². The van der Waals surface area contributed by atoms with E-state index in [2.05, 4.69) is 4.72 Å². The lowest BCUT2D eigenvalue weighted by Crippen LogP contribution is -2.45. The Labute approximate surface area is 120 Å². The third-order valence-electron chi connectivity index (χ3n) is 3.29. The second-order valence-corrected chi connectivity index (χ2v) is 5.44. The van der Waals surface area contributed by atoms with Crippen LogP contribution in [-0.4, -0.2) is 40.0 Å². The number of nitrogens with two attached hydrogens (primary N) is 1. The molecule has 1 aliphatic heterocycles. The van der Waals surface area contributed by atoms with E-state index in [0.29, 0.717) is 19.0 Å². The van der Waals surface area contributed by atoms with Gasteiger partial charge in [0.1, 0.15) is 17.7 Å². The number of rotatable bonds is 5. The van der Waals surface area contributed by atoms with Crippen molar-refractivity contribution in [1.29, 1.82) is 5.41 Å². The Morgan fingerprint density at radius 2 is 2.25 bits per heavy atom. The largest absolute Gasteiger partial charge is 0.494 e. The predicted octanol–water partition coefficient (Wildman–Crippen LogP) is 0.283. The van der Waals surface area contributed by atoms with Gasteiger partial charge in [0, 0.05) is 12.8 Å². The molecule has 0 amide bonds. The molecule has 0 bridgehead atoms. The van der Waals surface area contributed by atoms with Gasteiger partial charge in [0.2, 0.25) is 11.3 Å². The first-order valence-electron chi connectivity index (χ1n) is 6.41. The molecule has 0 spiro atoms. The molecule has 0 aromatic carbocycles. The standard InChI is InChI=1S/C12H19N3O4S/c13-12(14)11-9(15-20(16)17)2-1-3-10(11)19-8-4-6-18-7-5-8/h1-3,8-9,11,15H,4-7H2,(H3,13,14)(H,16,17). The fourth-order valence-electron chi connectivity index (χ4n) is 2.33. The monoisotopic (exact) mass is 301 g/mol. The van der Waals surface area contributed by atoms with Gasteiger partial charge in [-0.1, -0.05) is 12.2 Å². The summed E-state index contributed by atoms with van der Waals surface area (Å²) >= 11 is -2.18. The van der Waals surface area contributed by atoms with Crippen LogP contribution in [0.5, 0.6) is 0 Å². The van der Waals surface area contributed by atoms with E-state index in [1.165, 1.54) is 0 Å². The van der Waals surface area contributed by atoms with Crippen LogP contribution in [0.1, 0.15) is 12.8 Å². The summed E-state index contributed by atoms with van der Waals surface area (Å²) < 4.78 is 33.5. The van der Waals surface area contributed by atoms with Crippen LogP contribution in [0.15, 0.2) is 24.0 Å². The van der Waals surface area contributed by atoms with E-state index in [4.69, 9.17) is 25.2 Å². The van der Waals surface area contributed by atoms with Gasteiger partial charge in [0.25, 0.3) is 0 Å². The molecule has 1 heterocycles. The number of amidine groups is 1. The Morgan fingerprint density at radius 3 is 2.85 bits per heavy atom. The molecule has 2 aliphatic rings. The van der Waals surface area contributed by atoms with Crippen molar-refractivity contribution in [2.45, 2.75) is 25.0 Å². The summed E-state index contributed by atoms with van der Waals surface area (Å²) in [6.45, 7) is 1.31. The topological polar surface area (TPSA) is 118 Å². The molecular weight excluding hydrogens is 282 g/mol. The highest BCUT2D eigenvalue weighted by molar-refractivity contribution is 7.77. The quantitative estimate of drug-likeness (QED) is 0.330. The van der Waals surface area contributed by atoms with Crippen LogP contribution in [0.25, 0.3) is 0 Å². The van der Waals surface area contributed by atoms with Crippen LogP contribution in [-0.2, 0) is 20.7 Å². The van der Waals surface area contributed by atoms with Gasteiger partial charge in [-0.15, -0.1) is 0 Å². The van der Waals surface area contributed by atoms with Crippen molar-refractivity contribution in [3.63, 3.8) is 0 Å². The number of hydrogen-bond acceptors (Lipinski definition) is 4. The molecule has 8 heteroatoms. The summed E-state index contributed by atoms with van der Waals surface area (Å²) in [4.78, 5) is 0. The Bertz CT molecular complexity index is 446. The molecular formula is C12H19N3O4S. The SMILES string of the molecule is N=C(N)C1C(OC2CCOCC2)=CC=CC1NS(=O)O. The van der Waals surface area contributed by atoms with Gasteiger partial charge >= 0.3 is 0 Å². The van der Waals surface area contributed by atoms with Gasteiger partial charge < -0.3 is 15.2 Å². The number of nitrogens with one attached hydrogen (secondary N) is 2. The zero-order chi connectivity index (χ0) is 14.5. The van der Waals surface area contributed by atoms with Gasteiger partial charge in [0.15, 0.2) is 0 Å². The molecule has 3 atom stereocenters. The fraction of sp³-hybridized carbons (Fsp3) is 0.583. The Balaban J connectivity index is 2.08. The molecule has 112 valence electrons. The maximum Gasteiger partial charge on any atom is 0.232 e. The maximum absolute atomic E-state index is 10.9. The lowest BCUT2D eigenvalue weighted by Gasteiger charge is -2.32. The Hall–Kier alpha value is -1.22. The smallest absolute Gasteiger partial charge is 0.232 e. The summed E-state index contributed by atoms with van der Waals surface area (Å²) in [7, 11) is 0. The van der Waals surface area contributed by atoms with E-state index in [0.717, 1.165) is 12.8 Å². The first-order chi connectivity index (χ1) is 9.58. The van der Waals surface area contributed by atoms with Gasteiger partial charge in [-0.05, 0) is 6.08 Å². The van der Waals surface area contributed by atoms with Crippen molar-refractivity contribution in [3.05, 3.63) is 24.0 Å². The van der Waals surface area contributed by atoms with Crippen LogP contribution in [0.2, 0.25) is 0 Å². The second-order valence-electron chi connectivity index (χ2n) is 4.71. The highest BCUT2D eigenvalue weighted by Crippen LogP contribution is 2.26. The van der Waals surface area contributed by atoms with Crippen LogP contribution >= 0.6 is 0 Å². The molecule has 3 unspecified atom stereocenters. The maximum atomic E-state index is 10.9. The molecule has 2 rings (SSSR count). The average molecular weight is 301 g/mol. The van der Waals surface area contributed by atoms with Crippen LogP contribution in [0, 0.1) is 11.3 Å². The zero-order valence-electron chi connectivity index (χ0n) is 11.0. The lowest BCUT2D eigenvalue weighted by molar-refractivity contribution is -0.00954. The van der Waals surface area contributed by atoms with E-state index in [9.17, 15) is 4.21 Å². The molecule has 1 saturated heterocycles. The molecule has 5 N–H and O–H groups in total. The summed E-state index contributed by atoms with van der Waals surface area (Å²) in [5.41, 5.74) is 5.61. The highest BCUT2D eigenvalue weighted by Gasteiger charge is 2.32. The molecule has 20 heavy (non-hydrogen) atoms. The summed E-state index contributed by atoms with van der Waals surface area (Å²) in [5.74, 6) is -0.121. The normalized spacial score (nSPS) is 28.8. The minimum Gasteiger partial charge on any atom is -0.494 e. The summed E-state index contributed by atoms with van der Waals surface area (Å²) in [6, 6.07) is -0.529. The molecule has 0 aromatic heterocycles. The van der Waals surface area contributed by atoms with Crippen molar-refractivity contribution in [1.82, 2.24) is 4.72 Å². The summed E-state index contributed by atoms with van der Waals surface area (Å²) in [6.07, 6.45) is 6.78. The van der Waals surface area contributed by atoms with Gasteiger partial charge in [0.05, 0.1) is 25.2 Å². The zero-order valence-corrected chi connectivity index (χ0v) is 11.8. The molecule has 0 aromatic rings. The van der Waals surface area contributed by atoms with E-state index in [1.54, 1.807) is 18.2 Å². The van der Waals surface area contributed by atoms with E-state index in [1.807, 2.05) is 0 Å². The highest BCUT2D eigenvalue weighted by atomic mass is 32.2. The van der Waals surface area contributed by atoms with E-state index in [-0.39, 0.29) is 11.9 Å². The molecule has 7 nitrogen and oxygen atoms in total. The van der Waals surface area contributed by atoms with Crippen molar-refractivity contribution in [3.8, 4) is 0 Å². The van der Waals surface area contributed by atoms with Crippen molar-refractivity contribution >= 4 is 17.1 Å². The van der Waals surface area contributed by atoms with Crippen LogP contribution in [0.4, 0.5) is 0 Å². The minimum atomic E-state index is -2.18. The van der Waals surface area contributed by atoms with Gasteiger partial charge in [-0.25, -0.2) is 8.93 Å². The van der Waals surface area contributed by atoms with Crippen molar-refractivity contribution < 1.29 is 18.2 Å². The second kappa shape index (κ2) is 6.98. The molecule has 0 saturated carbocycles. The molecule has 0 radical (unpaired) electrons. The van der Waals surface area contributed by atoms with Gasteiger partial charge in [-0.2, -0.15) is 0 Å². The van der Waals surface area contributed by atoms with Crippen LogP contribution in [0.3, 0.4) is 0 Å². The molecule has 1 aliphatic carbocycles. The number of hydrogen-bond donors (Lipinski definition) is 4. The fourth-order valence-corrected chi connectivity index (χ4v) is 2.78. The van der Waals surface area contributed by atoms with Gasteiger partial charge in [-0.3, -0.25) is 9.96 Å². The third kappa shape index (κ3) is 3.89. The number of ether oxygens (including phenoxy) is 2. The van der Waals surface area contributed by atoms with Crippen molar-refractivity contribution in [2.75, 3.05) is 13.2 Å². The Kier molecular flexibility index (Phi) is 5.30. The average Bonchev–Trinajstić information content (AvgIpc) is 2.39. The van der Waals surface area contributed by atoms with E-state index < -0.39 is 23.2 Å². The first kappa shape index (κ1) is 15.2. The Morgan fingerprint density at radius 1 is 1.55 bits per heavy atom.